The van der Waals surface area contributed by atoms with Crippen LogP contribution in [0.15, 0.2) is 0 Å². The Kier molecular flexibility index (Phi) is 65.5. The van der Waals surface area contributed by atoms with Gasteiger partial charge in [0.05, 0.1) is 26.4 Å². The Morgan fingerprint density at radius 1 is 0.309 bits per heavy atom. The molecule has 0 spiro atoms. The maximum atomic E-state index is 13.1. The van der Waals surface area contributed by atoms with Crippen molar-refractivity contribution >= 4 is 39.5 Å². The maximum absolute atomic E-state index is 13.1. The summed E-state index contributed by atoms with van der Waals surface area (Å²) in [4.78, 5) is 72.8. The van der Waals surface area contributed by atoms with Gasteiger partial charge in [0, 0.05) is 25.7 Å². The zero-order valence-electron chi connectivity index (χ0n) is 61.3. The molecule has 0 rings (SSSR count). The molecule has 19 heteroatoms. The smallest absolute Gasteiger partial charge is 0.462 e. The fourth-order valence-corrected chi connectivity index (χ4v) is 13.0. The molecule has 0 amide bonds. The molecule has 0 aliphatic rings. The number of carbonyl (C=O) groups is 4. The normalized spacial score (nSPS) is 14.3. The first-order valence-corrected chi connectivity index (χ1v) is 42.0. The first-order valence-electron chi connectivity index (χ1n) is 39.0. The summed E-state index contributed by atoms with van der Waals surface area (Å²) in [6.45, 7) is 9.58. The molecule has 94 heavy (non-hydrogen) atoms. The Bertz CT molecular complexity index is 1820. The fraction of sp³-hybridized carbons (Fsp3) is 0.947. The number of rotatable bonds is 74. The predicted octanol–water partition coefficient (Wildman–Crippen LogP) is 21.9. The van der Waals surface area contributed by atoms with E-state index in [0.717, 1.165) is 108 Å². The summed E-state index contributed by atoms with van der Waals surface area (Å²) in [5.41, 5.74) is 0. The summed E-state index contributed by atoms with van der Waals surface area (Å²) in [6.07, 6.45) is 54.0. The number of carbonyl (C=O) groups excluding carboxylic acids is 4. The van der Waals surface area contributed by atoms with Crippen LogP contribution in [0.25, 0.3) is 0 Å². The second kappa shape index (κ2) is 66.9. The average molecular weight is 1380 g/mol. The topological polar surface area (TPSA) is 237 Å². The van der Waals surface area contributed by atoms with Gasteiger partial charge in [-0.05, 0) is 37.5 Å². The molecule has 0 bridgehead atoms. The van der Waals surface area contributed by atoms with Crippen molar-refractivity contribution in [2.24, 2.45) is 11.8 Å². The van der Waals surface area contributed by atoms with Crippen LogP contribution in [0.3, 0.4) is 0 Å². The molecule has 3 unspecified atom stereocenters. The van der Waals surface area contributed by atoms with Gasteiger partial charge in [-0.25, -0.2) is 9.13 Å². The third-order valence-corrected chi connectivity index (χ3v) is 19.7. The van der Waals surface area contributed by atoms with Crippen molar-refractivity contribution in [3.8, 4) is 0 Å². The number of phosphoric acid groups is 2. The van der Waals surface area contributed by atoms with E-state index >= 15 is 0 Å². The van der Waals surface area contributed by atoms with Crippen molar-refractivity contribution in [3.05, 3.63) is 0 Å². The molecule has 0 saturated heterocycles. The molecule has 0 aromatic carbocycles. The van der Waals surface area contributed by atoms with E-state index in [2.05, 4.69) is 41.5 Å². The van der Waals surface area contributed by atoms with E-state index in [1.54, 1.807) is 0 Å². The van der Waals surface area contributed by atoms with Crippen LogP contribution < -0.4 is 0 Å². The van der Waals surface area contributed by atoms with Gasteiger partial charge in [-0.3, -0.25) is 37.3 Å². The van der Waals surface area contributed by atoms with E-state index < -0.39 is 97.5 Å². The quantitative estimate of drug-likeness (QED) is 0.0222. The van der Waals surface area contributed by atoms with Gasteiger partial charge in [0.25, 0.3) is 0 Å². The van der Waals surface area contributed by atoms with Crippen molar-refractivity contribution in [1.29, 1.82) is 0 Å². The van der Waals surface area contributed by atoms with Gasteiger partial charge < -0.3 is 33.8 Å². The van der Waals surface area contributed by atoms with Gasteiger partial charge in [0.15, 0.2) is 12.2 Å². The van der Waals surface area contributed by atoms with Gasteiger partial charge in [-0.15, -0.1) is 0 Å². The van der Waals surface area contributed by atoms with E-state index in [1.807, 2.05) is 0 Å². The van der Waals surface area contributed by atoms with Crippen LogP contribution >= 0.6 is 15.6 Å². The SMILES string of the molecule is CCCCCCCCCCCCCCCC(=O)OC[C@H](COP(=O)(O)OC[C@@H](O)COP(=O)(O)OC[C@@H](COC(=O)CCCCCCCCC(C)CC)OC(=O)CCCCCCCCCCCCCCC)OC(=O)CCCCCCCCCCCCCCCCCC(C)C. The lowest BCUT2D eigenvalue weighted by Gasteiger charge is -2.21. The highest BCUT2D eigenvalue weighted by Crippen LogP contribution is 2.45. The molecule has 0 aliphatic carbocycles. The molecular formula is C75H146O17P2. The molecular weight excluding hydrogens is 1230 g/mol. The maximum Gasteiger partial charge on any atom is 0.472 e. The minimum Gasteiger partial charge on any atom is -0.462 e. The molecule has 0 aromatic heterocycles. The highest BCUT2D eigenvalue weighted by molar-refractivity contribution is 7.47. The lowest BCUT2D eigenvalue weighted by atomic mass is 10.00. The van der Waals surface area contributed by atoms with Crippen molar-refractivity contribution in [1.82, 2.24) is 0 Å². The van der Waals surface area contributed by atoms with Gasteiger partial charge in [-0.2, -0.15) is 0 Å². The van der Waals surface area contributed by atoms with Crippen LogP contribution in [0.2, 0.25) is 0 Å². The number of esters is 4. The summed E-state index contributed by atoms with van der Waals surface area (Å²) in [5, 5.41) is 10.6. The van der Waals surface area contributed by atoms with Crippen molar-refractivity contribution < 1.29 is 80.2 Å². The second-order valence-corrected chi connectivity index (χ2v) is 30.7. The van der Waals surface area contributed by atoms with E-state index in [0.29, 0.717) is 25.7 Å². The Morgan fingerprint density at radius 3 is 0.809 bits per heavy atom. The van der Waals surface area contributed by atoms with Crippen molar-refractivity contribution in [2.75, 3.05) is 39.6 Å². The molecule has 0 fully saturated rings. The predicted molar refractivity (Wildman–Crippen MR) is 381 cm³/mol. The Hall–Kier alpha value is -1.94. The summed E-state index contributed by atoms with van der Waals surface area (Å²) in [5.74, 6) is -0.582. The fourth-order valence-electron chi connectivity index (χ4n) is 11.4. The van der Waals surface area contributed by atoms with Crippen LogP contribution in [0.5, 0.6) is 0 Å². The summed E-state index contributed by atoms with van der Waals surface area (Å²) < 4.78 is 68.5. The molecule has 3 N–H and O–H groups in total. The lowest BCUT2D eigenvalue weighted by molar-refractivity contribution is -0.161. The van der Waals surface area contributed by atoms with Crippen LogP contribution in [0, 0.1) is 11.8 Å². The van der Waals surface area contributed by atoms with E-state index in [-0.39, 0.29) is 25.7 Å². The van der Waals surface area contributed by atoms with Crippen molar-refractivity contribution in [3.63, 3.8) is 0 Å². The van der Waals surface area contributed by atoms with E-state index in [1.165, 1.54) is 199 Å². The zero-order valence-corrected chi connectivity index (χ0v) is 63.1. The van der Waals surface area contributed by atoms with Crippen LogP contribution in [0.4, 0.5) is 0 Å². The first-order chi connectivity index (χ1) is 45.4. The summed E-state index contributed by atoms with van der Waals surface area (Å²) >= 11 is 0. The lowest BCUT2D eigenvalue weighted by Crippen LogP contribution is -2.30. The molecule has 0 heterocycles. The van der Waals surface area contributed by atoms with E-state index in [9.17, 15) is 43.2 Å². The number of aliphatic hydroxyl groups excluding tert-OH is 1. The first kappa shape index (κ1) is 92.1. The van der Waals surface area contributed by atoms with Crippen molar-refractivity contribution in [2.45, 2.75) is 407 Å². The minimum atomic E-state index is -4.96. The molecule has 17 nitrogen and oxygen atoms in total. The molecule has 0 aromatic rings. The largest absolute Gasteiger partial charge is 0.472 e. The summed E-state index contributed by atoms with van der Waals surface area (Å²) in [6, 6.07) is 0. The van der Waals surface area contributed by atoms with Gasteiger partial charge in [0.2, 0.25) is 0 Å². The second-order valence-electron chi connectivity index (χ2n) is 27.8. The van der Waals surface area contributed by atoms with Gasteiger partial charge in [-0.1, -0.05) is 337 Å². The molecule has 6 atom stereocenters. The van der Waals surface area contributed by atoms with Crippen LogP contribution in [-0.2, 0) is 65.4 Å². The standard InChI is InChI=1S/C75H146O17P2/c1-7-10-12-14-16-18-20-25-30-34-38-45-51-57-72(77)85-63-70(91-74(79)60-54-48-40-36-32-28-24-22-23-27-29-33-37-43-49-55-67(4)5)65-89-93(81,82)87-61-69(76)62-88-94(83,84)90-66-71(64-86-73(78)58-52-46-42-41-44-50-56-68(6)9-3)92-75(80)59-53-47-39-35-31-26-21-19-17-15-13-11-8-2/h67-71,76H,7-66H2,1-6H3,(H,81,82)(H,83,84)/t68?,69-,70-,71-/m1/s1. The average Bonchev–Trinajstić information content (AvgIpc) is 1.68. The van der Waals surface area contributed by atoms with E-state index in [4.69, 9.17) is 37.0 Å². The molecule has 0 saturated carbocycles. The highest BCUT2D eigenvalue weighted by Gasteiger charge is 2.30. The molecule has 0 aliphatic heterocycles. The highest BCUT2D eigenvalue weighted by atomic mass is 31.2. The summed E-state index contributed by atoms with van der Waals surface area (Å²) in [7, 11) is -9.91. The molecule has 0 radical (unpaired) electrons. The Balaban J connectivity index is 5.24. The van der Waals surface area contributed by atoms with Crippen LogP contribution in [-0.4, -0.2) is 96.7 Å². The Labute approximate surface area is 575 Å². The van der Waals surface area contributed by atoms with Gasteiger partial charge >= 0.3 is 39.5 Å². The number of hydrogen-bond acceptors (Lipinski definition) is 15. The van der Waals surface area contributed by atoms with Crippen LogP contribution in [0.1, 0.15) is 388 Å². The van der Waals surface area contributed by atoms with Gasteiger partial charge in [0.1, 0.15) is 19.3 Å². The minimum absolute atomic E-state index is 0.107. The number of aliphatic hydroxyl groups is 1. The number of phosphoric ester groups is 2. The number of ether oxygens (including phenoxy) is 4. The number of hydrogen-bond donors (Lipinski definition) is 3. The Morgan fingerprint density at radius 2 is 0.543 bits per heavy atom. The number of unbranched alkanes of at least 4 members (excludes halogenated alkanes) is 43. The monoisotopic (exact) mass is 1380 g/mol. The zero-order chi connectivity index (χ0) is 69.3. The third kappa shape index (κ3) is 67.3. The third-order valence-electron chi connectivity index (χ3n) is 17.8. The molecule has 558 valence electrons.